The van der Waals surface area contributed by atoms with Gasteiger partial charge in [-0.05, 0) is 24.3 Å². The van der Waals surface area contributed by atoms with Gasteiger partial charge in [0.05, 0.1) is 5.75 Å². The van der Waals surface area contributed by atoms with E-state index in [9.17, 15) is 4.79 Å². The molecule has 8 heteroatoms. The van der Waals surface area contributed by atoms with Gasteiger partial charge in [0.25, 0.3) is 0 Å². The third-order valence-electron chi connectivity index (χ3n) is 3.82. The predicted octanol–water partition coefficient (Wildman–Crippen LogP) is 3.15. The van der Waals surface area contributed by atoms with Crippen molar-refractivity contribution in [3.8, 4) is 0 Å². The van der Waals surface area contributed by atoms with E-state index >= 15 is 0 Å². The standard InChI is InChI=1S/C16H21N5OS2/c1-11-7-12(2)9-21(8-11)13-3-4-17-15(19-13)24-10-14(22)20-16-18-5-6-23-16/h3-6,11-12H,7-10H2,1-2H3,(H,18,20,22). The number of nitrogens with zero attached hydrogens (tertiary/aromatic N) is 4. The van der Waals surface area contributed by atoms with Crippen LogP contribution in [0.3, 0.4) is 0 Å². The van der Waals surface area contributed by atoms with Crippen molar-refractivity contribution in [2.24, 2.45) is 11.8 Å². The molecule has 3 heterocycles. The highest BCUT2D eigenvalue weighted by atomic mass is 32.2. The minimum atomic E-state index is -0.0934. The Morgan fingerprint density at radius 1 is 1.33 bits per heavy atom. The minimum absolute atomic E-state index is 0.0934. The van der Waals surface area contributed by atoms with Crippen LogP contribution in [0.4, 0.5) is 10.9 Å². The highest BCUT2D eigenvalue weighted by Crippen LogP contribution is 2.26. The molecule has 2 atom stereocenters. The molecule has 2 aromatic heterocycles. The van der Waals surface area contributed by atoms with Gasteiger partial charge in [0, 0.05) is 30.9 Å². The number of hydrogen-bond acceptors (Lipinski definition) is 7. The molecule has 1 aliphatic heterocycles. The third kappa shape index (κ3) is 4.67. The van der Waals surface area contributed by atoms with Crippen LogP contribution in [0.15, 0.2) is 29.0 Å². The topological polar surface area (TPSA) is 71.0 Å². The third-order valence-corrected chi connectivity index (χ3v) is 5.37. The van der Waals surface area contributed by atoms with Gasteiger partial charge in [-0.3, -0.25) is 4.79 Å². The Kier molecular flexibility index (Phi) is 5.68. The predicted molar refractivity (Wildman–Crippen MR) is 98.7 cm³/mol. The van der Waals surface area contributed by atoms with Gasteiger partial charge in [0.15, 0.2) is 10.3 Å². The fourth-order valence-electron chi connectivity index (χ4n) is 3.00. The zero-order valence-electron chi connectivity index (χ0n) is 13.8. The molecule has 0 aliphatic carbocycles. The lowest BCUT2D eigenvalue weighted by atomic mass is 9.92. The molecule has 2 aromatic rings. The van der Waals surface area contributed by atoms with E-state index in [4.69, 9.17) is 0 Å². The fourth-order valence-corrected chi connectivity index (χ4v) is 4.17. The highest BCUT2D eigenvalue weighted by Gasteiger charge is 2.23. The summed E-state index contributed by atoms with van der Waals surface area (Å²) < 4.78 is 0. The Morgan fingerprint density at radius 3 is 2.83 bits per heavy atom. The van der Waals surface area contributed by atoms with Crippen molar-refractivity contribution in [3.05, 3.63) is 23.8 Å². The van der Waals surface area contributed by atoms with Gasteiger partial charge < -0.3 is 10.2 Å². The van der Waals surface area contributed by atoms with Gasteiger partial charge in [-0.15, -0.1) is 11.3 Å². The quantitative estimate of drug-likeness (QED) is 0.650. The van der Waals surface area contributed by atoms with Gasteiger partial charge in [0.2, 0.25) is 5.91 Å². The number of anilines is 2. The van der Waals surface area contributed by atoms with Crippen LogP contribution < -0.4 is 10.2 Å². The van der Waals surface area contributed by atoms with Crippen molar-refractivity contribution in [1.82, 2.24) is 15.0 Å². The number of carbonyl (C=O) groups excluding carboxylic acids is 1. The molecule has 0 aromatic carbocycles. The Morgan fingerprint density at radius 2 is 2.12 bits per heavy atom. The van der Waals surface area contributed by atoms with E-state index in [1.54, 1.807) is 12.4 Å². The van der Waals surface area contributed by atoms with Crippen LogP contribution in [0, 0.1) is 11.8 Å². The molecule has 0 saturated carbocycles. The molecule has 6 nitrogen and oxygen atoms in total. The van der Waals surface area contributed by atoms with Crippen LogP contribution in [-0.2, 0) is 4.79 Å². The number of thiazole rings is 1. The number of carbonyl (C=O) groups is 1. The summed E-state index contributed by atoms with van der Waals surface area (Å²) in [6, 6.07) is 1.95. The Hall–Kier alpha value is -1.67. The largest absolute Gasteiger partial charge is 0.356 e. The second kappa shape index (κ2) is 7.94. The number of hydrogen-bond donors (Lipinski definition) is 1. The SMILES string of the molecule is CC1CC(C)CN(c2ccnc(SCC(=O)Nc3nccs3)n2)C1. The molecule has 24 heavy (non-hydrogen) atoms. The maximum atomic E-state index is 11.9. The van der Waals surface area contributed by atoms with Gasteiger partial charge in [-0.1, -0.05) is 25.6 Å². The first-order valence-electron chi connectivity index (χ1n) is 8.00. The van der Waals surface area contributed by atoms with Crippen LogP contribution in [0.1, 0.15) is 20.3 Å². The maximum absolute atomic E-state index is 11.9. The van der Waals surface area contributed by atoms with Gasteiger partial charge in [0.1, 0.15) is 5.82 Å². The number of rotatable bonds is 5. The van der Waals surface area contributed by atoms with Crippen LogP contribution in [0.2, 0.25) is 0 Å². The maximum Gasteiger partial charge on any atom is 0.236 e. The van der Waals surface area contributed by atoms with Crippen molar-refractivity contribution < 1.29 is 4.79 Å². The summed E-state index contributed by atoms with van der Waals surface area (Å²) in [5.41, 5.74) is 0. The van der Waals surface area contributed by atoms with E-state index in [0.29, 0.717) is 22.1 Å². The summed E-state index contributed by atoms with van der Waals surface area (Å²) in [6.45, 7) is 6.61. The number of piperidine rings is 1. The summed E-state index contributed by atoms with van der Waals surface area (Å²) >= 11 is 2.75. The zero-order valence-corrected chi connectivity index (χ0v) is 15.4. The van der Waals surface area contributed by atoms with Crippen molar-refractivity contribution in [2.45, 2.75) is 25.4 Å². The second-order valence-electron chi connectivity index (χ2n) is 6.22. The zero-order chi connectivity index (χ0) is 16.9. The normalized spacial score (nSPS) is 20.8. The molecule has 128 valence electrons. The van der Waals surface area contributed by atoms with Gasteiger partial charge in [-0.25, -0.2) is 15.0 Å². The molecule has 1 fully saturated rings. The average Bonchev–Trinajstić information content (AvgIpc) is 3.05. The van der Waals surface area contributed by atoms with E-state index in [0.717, 1.165) is 18.9 Å². The van der Waals surface area contributed by atoms with Crippen LogP contribution in [0.5, 0.6) is 0 Å². The number of amides is 1. The van der Waals surface area contributed by atoms with Crippen molar-refractivity contribution in [1.29, 1.82) is 0 Å². The summed E-state index contributed by atoms with van der Waals surface area (Å²) in [7, 11) is 0. The van der Waals surface area contributed by atoms with Crippen molar-refractivity contribution in [3.63, 3.8) is 0 Å². The van der Waals surface area contributed by atoms with Gasteiger partial charge in [-0.2, -0.15) is 0 Å². The van der Waals surface area contributed by atoms with Crippen LogP contribution in [-0.4, -0.2) is 39.7 Å². The first kappa shape index (κ1) is 17.2. The number of thioether (sulfide) groups is 1. The Labute approximate surface area is 150 Å². The summed E-state index contributed by atoms with van der Waals surface area (Å²) in [5, 5.41) is 5.84. The number of aromatic nitrogens is 3. The Bertz CT molecular complexity index is 669. The molecule has 3 rings (SSSR count). The fraction of sp³-hybridized carbons (Fsp3) is 0.500. The molecule has 1 saturated heterocycles. The van der Waals surface area contributed by atoms with Crippen LogP contribution in [0.25, 0.3) is 0 Å². The smallest absolute Gasteiger partial charge is 0.236 e. The van der Waals surface area contributed by atoms with E-state index in [1.807, 2.05) is 11.4 Å². The lowest BCUT2D eigenvalue weighted by Crippen LogP contribution is -2.39. The highest BCUT2D eigenvalue weighted by molar-refractivity contribution is 7.99. The number of nitrogens with one attached hydrogen (secondary N) is 1. The lowest BCUT2D eigenvalue weighted by Gasteiger charge is -2.35. The lowest BCUT2D eigenvalue weighted by molar-refractivity contribution is -0.113. The molecular formula is C16H21N5OS2. The summed E-state index contributed by atoms with van der Waals surface area (Å²) in [5.74, 6) is 2.47. The van der Waals surface area contributed by atoms with E-state index in [2.05, 4.69) is 39.0 Å². The molecule has 0 bridgehead atoms. The van der Waals surface area contributed by atoms with Gasteiger partial charge >= 0.3 is 0 Å². The summed E-state index contributed by atoms with van der Waals surface area (Å²) in [6.07, 6.45) is 4.70. The molecule has 1 aliphatic rings. The second-order valence-corrected chi connectivity index (χ2v) is 8.06. The molecule has 1 N–H and O–H groups in total. The van der Waals surface area contributed by atoms with E-state index in [1.165, 1.54) is 29.5 Å². The average molecular weight is 364 g/mol. The van der Waals surface area contributed by atoms with Crippen LogP contribution >= 0.6 is 23.1 Å². The van der Waals surface area contributed by atoms with Crippen molar-refractivity contribution in [2.75, 3.05) is 29.1 Å². The Balaban J connectivity index is 1.58. The van der Waals surface area contributed by atoms with E-state index < -0.39 is 0 Å². The molecule has 1 amide bonds. The molecule has 0 radical (unpaired) electrons. The molecular weight excluding hydrogens is 342 g/mol. The van der Waals surface area contributed by atoms with E-state index in [-0.39, 0.29) is 11.7 Å². The summed E-state index contributed by atoms with van der Waals surface area (Å²) in [4.78, 5) is 27.2. The minimum Gasteiger partial charge on any atom is -0.356 e. The molecule has 2 unspecified atom stereocenters. The van der Waals surface area contributed by atoms with Crippen molar-refractivity contribution >= 4 is 40.0 Å². The first-order valence-corrected chi connectivity index (χ1v) is 9.87. The monoisotopic (exact) mass is 363 g/mol. The molecule has 0 spiro atoms. The first-order chi connectivity index (χ1) is 11.6.